The third-order valence-electron chi connectivity index (χ3n) is 6.18. The van der Waals surface area contributed by atoms with E-state index < -0.39 is 23.3 Å². The van der Waals surface area contributed by atoms with Gasteiger partial charge in [0.15, 0.2) is 0 Å². The normalized spacial score (nSPS) is 23.6. The quantitative estimate of drug-likeness (QED) is 0.777. The van der Waals surface area contributed by atoms with Crippen molar-refractivity contribution < 1.29 is 27.5 Å². The van der Waals surface area contributed by atoms with Crippen molar-refractivity contribution in [3.05, 3.63) is 29.8 Å². The number of ether oxygens (including phenoxy) is 1. The van der Waals surface area contributed by atoms with Crippen LogP contribution in [0.2, 0.25) is 0 Å². The smallest absolute Gasteiger partial charge is 0.381 e. The molecular formula is C20H24F3N3O3. The average molecular weight is 411 g/mol. The number of nitrogens with zero attached hydrogens (tertiary/aromatic N) is 2. The van der Waals surface area contributed by atoms with E-state index in [0.717, 1.165) is 49.6 Å². The van der Waals surface area contributed by atoms with Gasteiger partial charge in [-0.25, -0.2) is 9.69 Å². The molecule has 3 amide bonds. The van der Waals surface area contributed by atoms with Crippen LogP contribution in [0.4, 0.5) is 23.7 Å². The van der Waals surface area contributed by atoms with Gasteiger partial charge in [-0.15, -0.1) is 0 Å². The minimum atomic E-state index is -4.46. The first-order valence-corrected chi connectivity index (χ1v) is 9.93. The Labute approximate surface area is 167 Å². The minimum absolute atomic E-state index is 0.155. The molecule has 3 saturated heterocycles. The fourth-order valence-electron chi connectivity index (χ4n) is 4.40. The molecular weight excluding hydrogens is 387 g/mol. The van der Waals surface area contributed by atoms with Crippen molar-refractivity contribution >= 4 is 17.6 Å². The van der Waals surface area contributed by atoms with E-state index in [-0.39, 0.29) is 11.6 Å². The van der Waals surface area contributed by atoms with Gasteiger partial charge in [-0.2, -0.15) is 13.2 Å². The van der Waals surface area contributed by atoms with Crippen molar-refractivity contribution in [2.24, 2.45) is 5.92 Å². The van der Waals surface area contributed by atoms with Gasteiger partial charge in [0.2, 0.25) is 0 Å². The monoisotopic (exact) mass is 411 g/mol. The number of halogens is 3. The lowest BCUT2D eigenvalue weighted by molar-refractivity contribution is -0.137. The number of nitrogens with one attached hydrogen (secondary N) is 1. The molecule has 4 rings (SSSR count). The molecule has 0 bridgehead atoms. The zero-order valence-electron chi connectivity index (χ0n) is 16.0. The highest BCUT2D eigenvalue weighted by Crippen LogP contribution is 2.35. The lowest BCUT2D eigenvalue weighted by Crippen LogP contribution is -2.55. The first-order chi connectivity index (χ1) is 13.8. The lowest BCUT2D eigenvalue weighted by atomic mass is 9.86. The number of hydrogen-bond donors (Lipinski definition) is 1. The molecule has 1 spiro atoms. The number of alkyl halides is 3. The Morgan fingerprint density at radius 2 is 1.69 bits per heavy atom. The van der Waals surface area contributed by atoms with Crippen LogP contribution < -0.4 is 10.2 Å². The lowest BCUT2D eigenvalue weighted by Gasteiger charge is -2.39. The second-order valence-corrected chi connectivity index (χ2v) is 8.05. The molecule has 0 radical (unpaired) electrons. The molecule has 0 aromatic heterocycles. The Balaban J connectivity index is 1.42. The van der Waals surface area contributed by atoms with Crippen molar-refractivity contribution in [2.45, 2.75) is 37.4 Å². The number of urea groups is 1. The number of imide groups is 1. The Morgan fingerprint density at radius 3 is 2.28 bits per heavy atom. The first-order valence-electron chi connectivity index (χ1n) is 9.93. The highest BCUT2D eigenvalue weighted by Gasteiger charge is 2.53. The first kappa shape index (κ1) is 20.2. The predicted octanol–water partition coefficient (Wildman–Crippen LogP) is 3.02. The van der Waals surface area contributed by atoms with E-state index in [4.69, 9.17) is 4.74 Å². The molecule has 3 heterocycles. The summed E-state index contributed by atoms with van der Waals surface area (Å²) < 4.78 is 43.7. The number of amides is 3. The van der Waals surface area contributed by atoms with Gasteiger partial charge in [0.25, 0.3) is 5.91 Å². The Kier molecular flexibility index (Phi) is 5.29. The van der Waals surface area contributed by atoms with Gasteiger partial charge in [0.1, 0.15) is 5.54 Å². The van der Waals surface area contributed by atoms with Crippen LogP contribution in [0.15, 0.2) is 24.3 Å². The van der Waals surface area contributed by atoms with Crippen LogP contribution in [0.1, 0.15) is 31.2 Å². The van der Waals surface area contributed by atoms with Crippen LogP contribution in [0.5, 0.6) is 0 Å². The summed E-state index contributed by atoms with van der Waals surface area (Å²) in [5.41, 5.74) is -1.63. The maximum atomic E-state index is 13.1. The van der Waals surface area contributed by atoms with Crippen LogP contribution in [-0.2, 0) is 15.7 Å². The van der Waals surface area contributed by atoms with Crippen molar-refractivity contribution in [1.29, 1.82) is 0 Å². The highest BCUT2D eigenvalue weighted by atomic mass is 19.4. The maximum Gasteiger partial charge on any atom is 0.416 e. The molecule has 0 saturated carbocycles. The van der Waals surface area contributed by atoms with E-state index in [0.29, 0.717) is 31.8 Å². The second kappa shape index (κ2) is 7.60. The van der Waals surface area contributed by atoms with Crippen molar-refractivity contribution in [3.63, 3.8) is 0 Å². The number of benzene rings is 1. The van der Waals surface area contributed by atoms with Crippen LogP contribution in [-0.4, -0.2) is 55.2 Å². The molecule has 9 heteroatoms. The van der Waals surface area contributed by atoms with E-state index in [9.17, 15) is 22.8 Å². The molecule has 158 valence electrons. The van der Waals surface area contributed by atoms with Gasteiger partial charge >= 0.3 is 12.2 Å². The fourth-order valence-corrected chi connectivity index (χ4v) is 4.40. The largest absolute Gasteiger partial charge is 0.416 e. The van der Waals surface area contributed by atoms with Crippen molar-refractivity contribution in [2.75, 3.05) is 37.7 Å². The molecule has 6 nitrogen and oxygen atoms in total. The number of carbonyl (C=O) groups is 2. The van der Waals surface area contributed by atoms with Crippen LogP contribution in [0.3, 0.4) is 0 Å². The van der Waals surface area contributed by atoms with Crippen LogP contribution in [0.25, 0.3) is 0 Å². The number of carbonyl (C=O) groups excluding carboxylic acids is 2. The summed E-state index contributed by atoms with van der Waals surface area (Å²) in [5.74, 6) is 0.211. The SMILES string of the molecule is O=C1NC2(CCN(CC3CCOCC3)CC2)C(=O)N1c1ccc(C(F)(F)F)cc1. The molecule has 0 aliphatic carbocycles. The number of rotatable bonds is 3. The maximum absolute atomic E-state index is 13.1. The number of anilines is 1. The molecule has 1 aromatic carbocycles. The van der Waals surface area contributed by atoms with Crippen molar-refractivity contribution in [1.82, 2.24) is 10.2 Å². The standard InChI is InChI=1S/C20H24F3N3O3/c21-20(22,23)15-1-3-16(4-2-15)26-17(27)19(24-18(26)28)7-9-25(10-8-19)13-14-5-11-29-12-6-14/h1-4,14H,5-13H2,(H,24,28). The molecule has 3 fully saturated rings. The van der Waals surface area contributed by atoms with Gasteiger partial charge in [0, 0.05) is 32.8 Å². The summed E-state index contributed by atoms with van der Waals surface area (Å²) in [4.78, 5) is 28.8. The summed E-state index contributed by atoms with van der Waals surface area (Å²) in [6.07, 6.45) is -1.39. The van der Waals surface area contributed by atoms with E-state index in [1.165, 1.54) is 12.1 Å². The number of likely N-dealkylation sites (tertiary alicyclic amines) is 1. The average Bonchev–Trinajstić information content (AvgIpc) is 2.94. The summed E-state index contributed by atoms with van der Waals surface area (Å²) in [5, 5.41) is 2.81. The summed E-state index contributed by atoms with van der Waals surface area (Å²) in [7, 11) is 0. The van der Waals surface area contributed by atoms with Crippen molar-refractivity contribution in [3.8, 4) is 0 Å². The Morgan fingerprint density at radius 1 is 1.07 bits per heavy atom. The summed E-state index contributed by atoms with van der Waals surface area (Å²) in [6, 6.07) is 3.53. The van der Waals surface area contributed by atoms with Crippen LogP contribution >= 0.6 is 0 Å². The zero-order valence-corrected chi connectivity index (χ0v) is 16.0. The molecule has 0 atom stereocenters. The van der Waals surface area contributed by atoms with E-state index in [2.05, 4.69) is 10.2 Å². The molecule has 3 aliphatic heterocycles. The number of piperidine rings is 1. The summed E-state index contributed by atoms with van der Waals surface area (Å²) >= 11 is 0. The second-order valence-electron chi connectivity index (χ2n) is 8.05. The molecule has 3 aliphatic rings. The molecule has 29 heavy (non-hydrogen) atoms. The number of hydrogen-bond acceptors (Lipinski definition) is 4. The minimum Gasteiger partial charge on any atom is -0.381 e. The third kappa shape index (κ3) is 3.98. The molecule has 0 unspecified atom stereocenters. The van der Waals surface area contributed by atoms with E-state index >= 15 is 0 Å². The van der Waals surface area contributed by atoms with Gasteiger partial charge in [-0.3, -0.25) is 4.79 Å². The fraction of sp³-hybridized carbons (Fsp3) is 0.600. The third-order valence-corrected chi connectivity index (χ3v) is 6.18. The van der Waals surface area contributed by atoms with E-state index in [1.54, 1.807) is 0 Å². The predicted molar refractivity (Wildman–Crippen MR) is 99.4 cm³/mol. The molecule has 1 N–H and O–H groups in total. The van der Waals surface area contributed by atoms with Gasteiger partial charge in [0.05, 0.1) is 11.3 Å². The Hall–Kier alpha value is -2.13. The van der Waals surface area contributed by atoms with Gasteiger partial charge in [-0.1, -0.05) is 0 Å². The van der Waals surface area contributed by atoms with E-state index in [1.807, 2.05) is 0 Å². The Bertz CT molecular complexity index is 767. The van der Waals surface area contributed by atoms with Gasteiger partial charge in [-0.05, 0) is 55.9 Å². The van der Waals surface area contributed by atoms with Gasteiger partial charge < -0.3 is 15.0 Å². The zero-order chi connectivity index (χ0) is 20.6. The summed E-state index contributed by atoms with van der Waals surface area (Å²) in [6.45, 7) is 3.94. The molecule has 1 aromatic rings. The topological polar surface area (TPSA) is 61.9 Å². The van der Waals surface area contributed by atoms with Crippen LogP contribution in [0, 0.1) is 5.92 Å². The highest BCUT2D eigenvalue weighted by molar-refractivity contribution is 6.23.